The molecule has 3 rings (SSSR count). The zero-order valence-electron chi connectivity index (χ0n) is 13.9. The molecule has 128 valence electrons. The van der Waals surface area contributed by atoms with Gasteiger partial charge in [0.05, 0.1) is 14.2 Å². The molecular weight excluding hydrogens is 322 g/mol. The highest BCUT2D eigenvalue weighted by atomic mass is 16.5. The van der Waals surface area contributed by atoms with Crippen LogP contribution in [0.3, 0.4) is 0 Å². The second kappa shape index (κ2) is 7.53. The molecule has 0 aliphatic carbocycles. The first-order chi connectivity index (χ1) is 12.2. The van der Waals surface area contributed by atoms with E-state index in [1.165, 1.54) is 13.4 Å². The number of oxazole rings is 1. The first-order valence-electron chi connectivity index (χ1n) is 7.60. The molecule has 0 atom stereocenters. The first kappa shape index (κ1) is 16.6. The van der Waals surface area contributed by atoms with Gasteiger partial charge in [-0.15, -0.1) is 0 Å². The van der Waals surface area contributed by atoms with Crippen LogP contribution < -0.4 is 9.47 Å². The van der Waals surface area contributed by atoms with Crippen molar-refractivity contribution in [1.29, 1.82) is 0 Å². The van der Waals surface area contributed by atoms with Crippen molar-refractivity contribution in [3.8, 4) is 23.0 Å². The SMILES string of the molecule is COC(=O)c1ccc(OC)cc1OCc1coc(-c2ccccc2)n1. The fraction of sp³-hybridized carbons (Fsp3) is 0.158. The molecule has 6 heteroatoms. The molecule has 0 unspecified atom stereocenters. The van der Waals surface area contributed by atoms with Gasteiger partial charge in [0.1, 0.15) is 35.6 Å². The van der Waals surface area contributed by atoms with Crippen molar-refractivity contribution < 1.29 is 23.4 Å². The summed E-state index contributed by atoms with van der Waals surface area (Å²) in [5, 5.41) is 0. The van der Waals surface area contributed by atoms with Crippen LogP contribution in [0.5, 0.6) is 11.5 Å². The molecule has 3 aromatic rings. The van der Waals surface area contributed by atoms with Gasteiger partial charge in [-0.3, -0.25) is 0 Å². The molecule has 0 aliphatic rings. The Kier molecular flexibility index (Phi) is 4.99. The largest absolute Gasteiger partial charge is 0.497 e. The molecule has 2 aromatic carbocycles. The Balaban J connectivity index is 1.77. The summed E-state index contributed by atoms with van der Waals surface area (Å²) in [6.45, 7) is 0.146. The van der Waals surface area contributed by atoms with E-state index in [2.05, 4.69) is 4.98 Å². The van der Waals surface area contributed by atoms with E-state index in [-0.39, 0.29) is 6.61 Å². The van der Waals surface area contributed by atoms with Crippen molar-refractivity contribution in [3.05, 3.63) is 66.1 Å². The van der Waals surface area contributed by atoms with Crippen LogP contribution in [0.2, 0.25) is 0 Å². The summed E-state index contributed by atoms with van der Waals surface area (Å²) in [6.07, 6.45) is 1.53. The van der Waals surface area contributed by atoms with Gasteiger partial charge in [0, 0.05) is 11.6 Å². The maximum absolute atomic E-state index is 11.9. The molecule has 0 radical (unpaired) electrons. The first-order valence-corrected chi connectivity index (χ1v) is 7.60. The predicted octanol–water partition coefficient (Wildman–Crippen LogP) is 3.72. The third-order valence-corrected chi connectivity index (χ3v) is 3.54. The predicted molar refractivity (Wildman–Crippen MR) is 90.6 cm³/mol. The van der Waals surface area contributed by atoms with E-state index in [0.29, 0.717) is 28.6 Å². The number of rotatable bonds is 6. The monoisotopic (exact) mass is 339 g/mol. The number of methoxy groups -OCH3 is 2. The Morgan fingerprint density at radius 2 is 1.92 bits per heavy atom. The lowest BCUT2D eigenvalue weighted by Gasteiger charge is -2.10. The Hall–Kier alpha value is -3.28. The Bertz CT molecular complexity index is 857. The van der Waals surface area contributed by atoms with Crippen LogP contribution in [0.1, 0.15) is 16.1 Å². The van der Waals surface area contributed by atoms with Crippen molar-refractivity contribution in [1.82, 2.24) is 4.98 Å². The zero-order chi connectivity index (χ0) is 17.6. The van der Waals surface area contributed by atoms with E-state index >= 15 is 0 Å². The number of esters is 1. The van der Waals surface area contributed by atoms with Crippen LogP contribution in [-0.4, -0.2) is 25.2 Å². The molecule has 0 aliphatic heterocycles. The summed E-state index contributed by atoms with van der Waals surface area (Å²) >= 11 is 0. The molecule has 0 amide bonds. The lowest BCUT2D eigenvalue weighted by atomic mass is 10.2. The summed E-state index contributed by atoms with van der Waals surface area (Å²) in [7, 11) is 2.86. The van der Waals surface area contributed by atoms with E-state index in [1.54, 1.807) is 25.3 Å². The number of carbonyl (C=O) groups excluding carboxylic acids is 1. The average Bonchev–Trinajstić information content (AvgIpc) is 3.15. The van der Waals surface area contributed by atoms with Crippen LogP contribution in [0.15, 0.2) is 59.2 Å². The van der Waals surface area contributed by atoms with Crippen LogP contribution >= 0.6 is 0 Å². The Morgan fingerprint density at radius 3 is 2.64 bits per heavy atom. The number of carbonyl (C=O) groups is 1. The molecule has 25 heavy (non-hydrogen) atoms. The lowest BCUT2D eigenvalue weighted by molar-refractivity contribution is 0.0595. The van der Waals surface area contributed by atoms with Gasteiger partial charge in [0.15, 0.2) is 0 Å². The highest BCUT2D eigenvalue weighted by molar-refractivity contribution is 5.92. The minimum Gasteiger partial charge on any atom is -0.497 e. The van der Waals surface area contributed by atoms with Crippen LogP contribution in [-0.2, 0) is 11.3 Å². The molecule has 0 fully saturated rings. The molecule has 0 bridgehead atoms. The number of hydrogen-bond acceptors (Lipinski definition) is 6. The van der Waals surface area contributed by atoms with E-state index < -0.39 is 5.97 Å². The van der Waals surface area contributed by atoms with E-state index in [9.17, 15) is 4.79 Å². The van der Waals surface area contributed by atoms with Gasteiger partial charge >= 0.3 is 5.97 Å². The molecule has 0 spiro atoms. The maximum Gasteiger partial charge on any atom is 0.341 e. The zero-order valence-corrected chi connectivity index (χ0v) is 13.9. The van der Waals surface area contributed by atoms with Gasteiger partial charge in [-0.1, -0.05) is 18.2 Å². The summed E-state index contributed by atoms with van der Waals surface area (Å²) in [5.41, 5.74) is 1.80. The molecular formula is C19H17NO5. The number of aromatic nitrogens is 1. The lowest BCUT2D eigenvalue weighted by Crippen LogP contribution is -2.06. The fourth-order valence-electron chi connectivity index (χ4n) is 2.27. The minimum atomic E-state index is -0.484. The minimum absolute atomic E-state index is 0.146. The number of hydrogen-bond donors (Lipinski definition) is 0. The summed E-state index contributed by atoms with van der Waals surface area (Å²) in [6, 6.07) is 14.5. The molecule has 1 aromatic heterocycles. The second-order valence-corrected chi connectivity index (χ2v) is 5.15. The van der Waals surface area contributed by atoms with Gasteiger partial charge in [0.25, 0.3) is 0 Å². The van der Waals surface area contributed by atoms with Crippen LogP contribution in [0, 0.1) is 0 Å². The van der Waals surface area contributed by atoms with Crippen LogP contribution in [0.4, 0.5) is 0 Å². The highest BCUT2D eigenvalue weighted by Crippen LogP contribution is 2.27. The quantitative estimate of drug-likeness (QED) is 0.638. The highest BCUT2D eigenvalue weighted by Gasteiger charge is 2.15. The van der Waals surface area contributed by atoms with E-state index in [1.807, 2.05) is 30.3 Å². The normalized spacial score (nSPS) is 10.3. The average molecular weight is 339 g/mol. The Labute approximate surface area is 145 Å². The number of ether oxygens (including phenoxy) is 3. The third-order valence-electron chi connectivity index (χ3n) is 3.54. The van der Waals surface area contributed by atoms with Gasteiger partial charge < -0.3 is 18.6 Å². The maximum atomic E-state index is 11.9. The molecule has 1 heterocycles. The van der Waals surface area contributed by atoms with Crippen LogP contribution in [0.25, 0.3) is 11.5 Å². The van der Waals surface area contributed by atoms with Gasteiger partial charge in [0.2, 0.25) is 5.89 Å². The third kappa shape index (κ3) is 3.80. The summed E-state index contributed by atoms with van der Waals surface area (Å²) < 4.78 is 21.2. The van der Waals surface area contributed by atoms with Gasteiger partial charge in [-0.05, 0) is 24.3 Å². The fourth-order valence-corrected chi connectivity index (χ4v) is 2.27. The van der Waals surface area contributed by atoms with Crippen molar-refractivity contribution in [2.45, 2.75) is 6.61 Å². The molecule has 0 saturated heterocycles. The van der Waals surface area contributed by atoms with Crippen molar-refractivity contribution in [2.75, 3.05) is 14.2 Å². The molecule has 6 nitrogen and oxygen atoms in total. The van der Waals surface area contributed by atoms with Gasteiger partial charge in [-0.25, -0.2) is 9.78 Å². The Morgan fingerprint density at radius 1 is 1.12 bits per heavy atom. The molecule has 0 N–H and O–H groups in total. The summed E-state index contributed by atoms with van der Waals surface area (Å²) in [5.74, 6) is 0.962. The number of benzene rings is 2. The second-order valence-electron chi connectivity index (χ2n) is 5.15. The topological polar surface area (TPSA) is 70.8 Å². The standard InChI is InChI=1S/C19H17NO5/c1-22-15-8-9-16(19(21)23-2)17(10-15)24-11-14-12-25-18(20-14)13-6-4-3-5-7-13/h3-10,12H,11H2,1-2H3. The van der Waals surface area contributed by atoms with Crippen molar-refractivity contribution in [2.24, 2.45) is 0 Å². The molecule has 0 saturated carbocycles. The van der Waals surface area contributed by atoms with Crippen molar-refractivity contribution in [3.63, 3.8) is 0 Å². The van der Waals surface area contributed by atoms with Crippen molar-refractivity contribution >= 4 is 5.97 Å². The summed E-state index contributed by atoms with van der Waals surface area (Å²) in [4.78, 5) is 16.3. The number of nitrogens with zero attached hydrogens (tertiary/aromatic N) is 1. The van der Waals surface area contributed by atoms with Gasteiger partial charge in [-0.2, -0.15) is 0 Å². The van der Waals surface area contributed by atoms with E-state index in [0.717, 1.165) is 5.56 Å². The van der Waals surface area contributed by atoms with E-state index in [4.69, 9.17) is 18.6 Å². The smallest absolute Gasteiger partial charge is 0.341 e.